The summed E-state index contributed by atoms with van der Waals surface area (Å²) < 4.78 is 39.8. The summed E-state index contributed by atoms with van der Waals surface area (Å²) in [5, 5.41) is 9.25. The van der Waals surface area contributed by atoms with E-state index in [1.165, 1.54) is 18.1 Å². The van der Waals surface area contributed by atoms with Crippen LogP contribution in [0.25, 0.3) is 0 Å². The van der Waals surface area contributed by atoms with Gasteiger partial charge in [0.05, 0.1) is 0 Å². The van der Waals surface area contributed by atoms with Crippen molar-refractivity contribution in [3.8, 4) is 11.5 Å². The third kappa shape index (κ3) is 4.97. The summed E-state index contributed by atoms with van der Waals surface area (Å²) in [5.41, 5.74) is 0.697. The molecule has 1 aromatic rings. The molecule has 95 valence electrons. The molecule has 0 spiro atoms. The maximum Gasteiger partial charge on any atom is 0.573 e. The van der Waals surface area contributed by atoms with Crippen LogP contribution in [0.3, 0.4) is 0 Å². The maximum atomic E-state index is 12.0. The highest BCUT2D eigenvalue weighted by atomic mass is 19.4. The van der Waals surface area contributed by atoms with E-state index in [9.17, 15) is 18.3 Å². The number of halogens is 3. The quantitative estimate of drug-likeness (QED) is 0.875. The number of alkyl halides is 3. The van der Waals surface area contributed by atoms with Gasteiger partial charge in [-0.3, -0.25) is 0 Å². The highest BCUT2D eigenvalue weighted by Crippen LogP contribution is 2.32. The zero-order chi connectivity index (χ0) is 13.1. The Bertz CT molecular complexity index is 373. The van der Waals surface area contributed by atoms with Crippen molar-refractivity contribution in [2.45, 2.75) is 33.1 Å². The third-order valence-electron chi connectivity index (χ3n) is 2.16. The molecule has 0 unspecified atom stereocenters. The molecule has 5 heteroatoms. The van der Waals surface area contributed by atoms with Crippen LogP contribution in [0.5, 0.6) is 11.5 Å². The fraction of sp³-hybridized carbons (Fsp3) is 0.417. The lowest BCUT2D eigenvalue weighted by molar-refractivity contribution is -0.275. The number of aromatic hydroxyl groups is 1. The first-order valence-electron chi connectivity index (χ1n) is 5.14. The standard InChI is InChI=1S/C12H14F3O2/c1-8(2)3-4-9-5-6-10(16)11(7-9)17-12(13,14)15/h5-7,16H,3-4H2,1-2H3. The minimum Gasteiger partial charge on any atom is -0.504 e. The second-order valence-corrected chi connectivity index (χ2v) is 4.06. The Labute approximate surface area is 98.0 Å². The van der Waals surface area contributed by atoms with E-state index in [2.05, 4.69) is 4.74 Å². The highest BCUT2D eigenvalue weighted by Gasteiger charge is 2.32. The molecule has 2 nitrogen and oxygen atoms in total. The molecule has 0 saturated heterocycles. The van der Waals surface area contributed by atoms with E-state index in [4.69, 9.17) is 0 Å². The second kappa shape index (κ2) is 5.29. The van der Waals surface area contributed by atoms with Crippen LogP contribution in [0.1, 0.15) is 25.8 Å². The van der Waals surface area contributed by atoms with E-state index in [-0.39, 0.29) is 0 Å². The topological polar surface area (TPSA) is 29.5 Å². The lowest BCUT2D eigenvalue weighted by atomic mass is 10.0. The minimum absolute atomic E-state index is 0.511. The normalized spacial score (nSPS) is 11.9. The number of hydrogen-bond acceptors (Lipinski definition) is 2. The highest BCUT2D eigenvalue weighted by molar-refractivity contribution is 5.42. The zero-order valence-corrected chi connectivity index (χ0v) is 9.64. The number of aryl methyl sites for hydroxylation is 1. The number of ether oxygens (including phenoxy) is 1. The third-order valence-corrected chi connectivity index (χ3v) is 2.16. The molecule has 1 N–H and O–H groups in total. The van der Waals surface area contributed by atoms with Gasteiger partial charge in [-0.25, -0.2) is 0 Å². The van der Waals surface area contributed by atoms with Crippen molar-refractivity contribution in [2.24, 2.45) is 0 Å². The minimum atomic E-state index is -4.79. The Morgan fingerprint density at radius 3 is 2.47 bits per heavy atom. The Morgan fingerprint density at radius 2 is 1.94 bits per heavy atom. The Balaban J connectivity index is 2.79. The number of phenolic OH excluding ortho intramolecular Hbond substituents is 1. The molecule has 0 fully saturated rings. The van der Waals surface area contributed by atoms with Crippen LogP contribution in [-0.2, 0) is 6.42 Å². The summed E-state index contributed by atoms with van der Waals surface area (Å²) in [5.74, 6) is 0.128. The molecule has 0 aromatic heterocycles. The fourth-order valence-electron chi connectivity index (χ4n) is 1.31. The number of hydrogen-bond donors (Lipinski definition) is 1. The van der Waals surface area contributed by atoms with Gasteiger partial charge in [-0.2, -0.15) is 0 Å². The first kappa shape index (κ1) is 13.7. The largest absolute Gasteiger partial charge is 0.573 e. The van der Waals surface area contributed by atoms with Crippen molar-refractivity contribution in [3.05, 3.63) is 29.7 Å². The number of phenols is 1. The predicted octanol–water partition coefficient (Wildman–Crippen LogP) is 3.84. The molecule has 17 heavy (non-hydrogen) atoms. The van der Waals surface area contributed by atoms with Gasteiger partial charge in [0, 0.05) is 0 Å². The van der Waals surface area contributed by atoms with Crippen molar-refractivity contribution in [1.82, 2.24) is 0 Å². The van der Waals surface area contributed by atoms with E-state index in [1.54, 1.807) is 6.07 Å². The second-order valence-electron chi connectivity index (χ2n) is 4.06. The molecule has 0 aliphatic heterocycles. The van der Waals surface area contributed by atoms with Gasteiger partial charge in [-0.1, -0.05) is 19.9 Å². The summed E-state index contributed by atoms with van der Waals surface area (Å²) in [6.45, 7) is 3.90. The van der Waals surface area contributed by atoms with E-state index < -0.39 is 17.9 Å². The Hall–Kier alpha value is -1.39. The Kier molecular flexibility index (Phi) is 4.26. The lowest BCUT2D eigenvalue weighted by Gasteiger charge is -2.12. The van der Waals surface area contributed by atoms with Gasteiger partial charge in [0.2, 0.25) is 0 Å². The summed E-state index contributed by atoms with van der Waals surface area (Å²) in [4.78, 5) is 0. The molecular formula is C12H14F3O2. The van der Waals surface area contributed by atoms with Gasteiger partial charge < -0.3 is 9.84 Å². The molecule has 1 rings (SSSR count). The van der Waals surface area contributed by atoms with Crippen molar-refractivity contribution < 1.29 is 23.0 Å². The van der Waals surface area contributed by atoms with E-state index >= 15 is 0 Å². The molecule has 0 aliphatic carbocycles. The van der Waals surface area contributed by atoms with Crippen LogP contribution in [0.15, 0.2) is 18.2 Å². The molecule has 0 amide bonds. The fourth-order valence-corrected chi connectivity index (χ4v) is 1.31. The van der Waals surface area contributed by atoms with Gasteiger partial charge in [-0.15, -0.1) is 13.2 Å². The van der Waals surface area contributed by atoms with E-state index in [0.717, 1.165) is 6.42 Å². The van der Waals surface area contributed by atoms with Crippen LogP contribution in [0.2, 0.25) is 0 Å². The van der Waals surface area contributed by atoms with Gasteiger partial charge in [-0.05, 0) is 36.5 Å². The van der Waals surface area contributed by atoms with Crippen molar-refractivity contribution in [2.75, 3.05) is 0 Å². The summed E-state index contributed by atoms with van der Waals surface area (Å²) in [7, 11) is 0. The summed E-state index contributed by atoms with van der Waals surface area (Å²) in [6.07, 6.45) is -3.38. The molecule has 0 saturated carbocycles. The van der Waals surface area contributed by atoms with Gasteiger partial charge in [0.25, 0.3) is 0 Å². The molecule has 1 aromatic carbocycles. The summed E-state index contributed by atoms with van der Waals surface area (Å²) in [6, 6.07) is 4.01. The first-order chi connectivity index (χ1) is 7.78. The van der Waals surface area contributed by atoms with Crippen LogP contribution >= 0.6 is 0 Å². The van der Waals surface area contributed by atoms with Crippen LogP contribution in [0.4, 0.5) is 13.2 Å². The van der Waals surface area contributed by atoms with E-state index in [0.29, 0.717) is 12.0 Å². The predicted molar refractivity (Wildman–Crippen MR) is 57.7 cm³/mol. The smallest absolute Gasteiger partial charge is 0.504 e. The van der Waals surface area contributed by atoms with Crippen molar-refractivity contribution in [3.63, 3.8) is 0 Å². The van der Waals surface area contributed by atoms with Crippen LogP contribution in [0, 0.1) is 5.92 Å². The van der Waals surface area contributed by atoms with Crippen molar-refractivity contribution in [1.29, 1.82) is 0 Å². The first-order valence-corrected chi connectivity index (χ1v) is 5.14. The molecule has 0 bridgehead atoms. The monoisotopic (exact) mass is 247 g/mol. The van der Waals surface area contributed by atoms with Gasteiger partial charge in [0.1, 0.15) is 0 Å². The van der Waals surface area contributed by atoms with Crippen molar-refractivity contribution >= 4 is 0 Å². The SMILES string of the molecule is C[C](C)CCc1ccc(O)c(OC(F)(F)F)c1. The molecule has 0 atom stereocenters. The molecular weight excluding hydrogens is 233 g/mol. The lowest BCUT2D eigenvalue weighted by Crippen LogP contribution is -2.17. The van der Waals surface area contributed by atoms with Gasteiger partial charge >= 0.3 is 6.36 Å². The zero-order valence-electron chi connectivity index (χ0n) is 9.64. The van der Waals surface area contributed by atoms with Gasteiger partial charge in [0.15, 0.2) is 11.5 Å². The van der Waals surface area contributed by atoms with Crippen LogP contribution in [-0.4, -0.2) is 11.5 Å². The van der Waals surface area contributed by atoms with Crippen LogP contribution < -0.4 is 4.74 Å². The number of benzene rings is 1. The molecule has 1 radical (unpaired) electrons. The Morgan fingerprint density at radius 1 is 1.29 bits per heavy atom. The number of rotatable bonds is 4. The maximum absolute atomic E-state index is 12.0. The average molecular weight is 247 g/mol. The molecule has 0 aliphatic rings. The average Bonchev–Trinajstić information content (AvgIpc) is 2.17. The summed E-state index contributed by atoms with van der Waals surface area (Å²) >= 11 is 0. The molecule has 0 heterocycles. The van der Waals surface area contributed by atoms with E-state index in [1.807, 2.05) is 13.8 Å².